The molecule has 0 fully saturated rings. The predicted octanol–water partition coefficient (Wildman–Crippen LogP) is 2.90. The summed E-state index contributed by atoms with van der Waals surface area (Å²) in [7, 11) is -2.35. The number of nitrogens with zero attached hydrogens (tertiary/aromatic N) is 1. The van der Waals surface area contributed by atoms with Crippen LogP contribution in [0.15, 0.2) is 46.7 Å². The van der Waals surface area contributed by atoms with Gasteiger partial charge in [-0.3, -0.25) is 4.79 Å². The molecule has 0 aliphatic carbocycles. The number of amides is 1. The number of benzene rings is 1. The molecular formula is C15H17ClN2O3S2. The summed E-state index contributed by atoms with van der Waals surface area (Å²) < 4.78 is 25.8. The first kappa shape index (κ1) is 17.9. The number of rotatable bonds is 6. The van der Waals surface area contributed by atoms with Crippen molar-refractivity contribution < 1.29 is 13.2 Å². The Bertz CT molecular complexity index is 759. The average Bonchev–Trinajstić information content (AvgIpc) is 3.01. The summed E-state index contributed by atoms with van der Waals surface area (Å²) in [6, 6.07) is 9.50. The molecule has 8 heteroatoms. The minimum atomic E-state index is -3.72. The fourth-order valence-corrected chi connectivity index (χ4v) is 3.96. The fraction of sp³-hybridized carbons (Fsp3) is 0.267. The van der Waals surface area contributed by atoms with E-state index in [4.69, 9.17) is 11.6 Å². The molecule has 0 saturated heterocycles. The van der Waals surface area contributed by atoms with Crippen molar-refractivity contribution in [3.63, 3.8) is 0 Å². The van der Waals surface area contributed by atoms with Gasteiger partial charge in [0.2, 0.25) is 15.9 Å². The molecule has 0 saturated carbocycles. The van der Waals surface area contributed by atoms with E-state index < -0.39 is 10.0 Å². The van der Waals surface area contributed by atoms with Gasteiger partial charge in [-0.15, -0.1) is 11.3 Å². The number of hydrogen-bond acceptors (Lipinski definition) is 4. The Kier molecular flexibility index (Phi) is 5.80. The van der Waals surface area contributed by atoms with E-state index in [1.54, 1.807) is 0 Å². The highest BCUT2D eigenvalue weighted by Crippen LogP contribution is 2.19. The number of nitrogens with one attached hydrogen (secondary N) is 1. The molecule has 1 aromatic carbocycles. The lowest BCUT2D eigenvalue weighted by atomic mass is 10.3. The zero-order valence-electron chi connectivity index (χ0n) is 12.7. The van der Waals surface area contributed by atoms with Gasteiger partial charge in [0.1, 0.15) is 0 Å². The Morgan fingerprint density at radius 2 is 1.96 bits per heavy atom. The quantitative estimate of drug-likeness (QED) is 0.847. The van der Waals surface area contributed by atoms with Gasteiger partial charge in [0, 0.05) is 16.9 Å². The molecule has 1 aromatic heterocycles. The zero-order chi connectivity index (χ0) is 17.0. The lowest BCUT2D eigenvalue weighted by molar-refractivity contribution is -0.121. The van der Waals surface area contributed by atoms with Gasteiger partial charge in [0.25, 0.3) is 0 Å². The van der Waals surface area contributed by atoms with E-state index in [0.717, 1.165) is 9.18 Å². The maximum absolute atomic E-state index is 12.4. The van der Waals surface area contributed by atoms with Gasteiger partial charge in [-0.2, -0.15) is 4.31 Å². The Morgan fingerprint density at radius 3 is 2.52 bits per heavy atom. The monoisotopic (exact) mass is 372 g/mol. The van der Waals surface area contributed by atoms with Crippen LogP contribution in [0.5, 0.6) is 0 Å². The van der Waals surface area contributed by atoms with Crippen LogP contribution in [0.25, 0.3) is 0 Å². The second-order valence-corrected chi connectivity index (χ2v) is 8.48. The van der Waals surface area contributed by atoms with Crippen LogP contribution in [0.1, 0.15) is 17.8 Å². The van der Waals surface area contributed by atoms with Gasteiger partial charge < -0.3 is 5.32 Å². The van der Waals surface area contributed by atoms with Crippen LogP contribution >= 0.6 is 22.9 Å². The molecule has 1 unspecified atom stereocenters. The van der Waals surface area contributed by atoms with Crippen LogP contribution in [-0.4, -0.2) is 32.2 Å². The number of halogens is 1. The summed E-state index contributed by atoms with van der Waals surface area (Å²) >= 11 is 7.30. The molecular weight excluding hydrogens is 356 g/mol. The Labute approximate surface area is 144 Å². The van der Waals surface area contributed by atoms with Gasteiger partial charge in [-0.05, 0) is 42.6 Å². The van der Waals surface area contributed by atoms with Gasteiger partial charge >= 0.3 is 0 Å². The highest BCUT2D eigenvalue weighted by molar-refractivity contribution is 7.89. The standard InChI is InChI=1S/C15H17ClN2O3S2/c1-11(14-4-3-9-22-14)17-15(19)10-18(2)23(20,21)13-7-5-12(16)6-8-13/h3-9,11H,10H2,1-2H3,(H,17,19). The number of carbonyl (C=O) groups is 1. The van der Waals surface area contributed by atoms with Crippen LogP contribution in [0.4, 0.5) is 0 Å². The molecule has 1 amide bonds. The third-order valence-electron chi connectivity index (χ3n) is 3.24. The number of sulfonamides is 1. The third kappa shape index (κ3) is 4.54. The van der Waals surface area contributed by atoms with E-state index in [-0.39, 0.29) is 23.4 Å². The topological polar surface area (TPSA) is 66.5 Å². The Hall–Kier alpha value is -1.41. The maximum Gasteiger partial charge on any atom is 0.243 e. The first-order valence-electron chi connectivity index (χ1n) is 6.85. The summed E-state index contributed by atoms with van der Waals surface area (Å²) in [5.41, 5.74) is 0. The summed E-state index contributed by atoms with van der Waals surface area (Å²) in [5, 5.41) is 5.17. The van der Waals surface area contributed by atoms with Gasteiger partial charge in [0.15, 0.2) is 0 Å². The van der Waals surface area contributed by atoms with Crippen LogP contribution in [0, 0.1) is 0 Å². The molecule has 0 radical (unpaired) electrons. The molecule has 2 aromatic rings. The molecule has 0 aliphatic heterocycles. The van der Waals surface area contributed by atoms with E-state index >= 15 is 0 Å². The minimum absolute atomic E-state index is 0.100. The normalized spacial score (nSPS) is 13.0. The fourth-order valence-electron chi connectivity index (χ4n) is 1.97. The molecule has 0 aliphatic rings. The first-order valence-corrected chi connectivity index (χ1v) is 9.55. The molecule has 1 heterocycles. The van der Waals surface area contributed by atoms with Crippen molar-refractivity contribution in [1.29, 1.82) is 0 Å². The first-order chi connectivity index (χ1) is 10.8. The van der Waals surface area contributed by atoms with Gasteiger partial charge in [-0.1, -0.05) is 17.7 Å². The van der Waals surface area contributed by atoms with Crippen molar-refractivity contribution >= 4 is 38.9 Å². The van der Waals surface area contributed by atoms with E-state index in [1.807, 2.05) is 24.4 Å². The number of carbonyl (C=O) groups excluding carboxylic acids is 1. The molecule has 23 heavy (non-hydrogen) atoms. The SMILES string of the molecule is CC(NC(=O)CN(C)S(=O)(=O)c1ccc(Cl)cc1)c1cccs1. The van der Waals surface area contributed by atoms with Crippen molar-refractivity contribution in [2.24, 2.45) is 0 Å². The summed E-state index contributed by atoms with van der Waals surface area (Å²) in [6.45, 7) is 1.61. The van der Waals surface area contributed by atoms with Crippen molar-refractivity contribution in [3.05, 3.63) is 51.7 Å². The van der Waals surface area contributed by atoms with Crippen LogP contribution in [0.2, 0.25) is 5.02 Å². The number of likely N-dealkylation sites (N-methyl/N-ethyl adjacent to an activating group) is 1. The second-order valence-electron chi connectivity index (χ2n) is 5.02. The summed E-state index contributed by atoms with van der Waals surface area (Å²) in [4.78, 5) is 13.2. The van der Waals surface area contributed by atoms with Crippen molar-refractivity contribution in [2.45, 2.75) is 17.9 Å². The van der Waals surface area contributed by atoms with Crippen molar-refractivity contribution in [2.75, 3.05) is 13.6 Å². The predicted molar refractivity (Wildman–Crippen MR) is 92.1 cm³/mol. The summed E-state index contributed by atoms with van der Waals surface area (Å²) in [6.07, 6.45) is 0. The van der Waals surface area contributed by atoms with Crippen molar-refractivity contribution in [1.82, 2.24) is 9.62 Å². The second kappa shape index (κ2) is 7.44. The largest absolute Gasteiger partial charge is 0.348 e. The molecule has 124 valence electrons. The number of hydrogen-bond donors (Lipinski definition) is 1. The van der Waals surface area contributed by atoms with E-state index in [9.17, 15) is 13.2 Å². The van der Waals surface area contributed by atoms with E-state index in [2.05, 4.69) is 5.32 Å². The van der Waals surface area contributed by atoms with Gasteiger partial charge in [-0.25, -0.2) is 8.42 Å². The molecule has 5 nitrogen and oxygen atoms in total. The molecule has 1 N–H and O–H groups in total. The Balaban J connectivity index is 2.01. The molecule has 0 bridgehead atoms. The molecule has 2 rings (SSSR count). The van der Waals surface area contributed by atoms with E-state index in [1.165, 1.54) is 42.6 Å². The lowest BCUT2D eigenvalue weighted by Crippen LogP contribution is -2.39. The maximum atomic E-state index is 12.4. The van der Waals surface area contributed by atoms with Gasteiger partial charge in [0.05, 0.1) is 17.5 Å². The Morgan fingerprint density at radius 1 is 1.30 bits per heavy atom. The van der Waals surface area contributed by atoms with Crippen LogP contribution in [0.3, 0.4) is 0 Å². The van der Waals surface area contributed by atoms with Crippen LogP contribution < -0.4 is 5.32 Å². The zero-order valence-corrected chi connectivity index (χ0v) is 15.1. The highest BCUT2D eigenvalue weighted by Gasteiger charge is 2.23. The summed E-state index contributed by atoms with van der Waals surface area (Å²) in [5.74, 6) is -0.356. The smallest absolute Gasteiger partial charge is 0.243 e. The lowest BCUT2D eigenvalue weighted by Gasteiger charge is -2.18. The molecule has 0 spiro atoms. The third-order valence-corrected chi connectivity index (χ3v) is 6.36. The van der Waals surface area contributed by atoms with Crippen molar-refractivity contribution in [3.8, 4) is 0 Å². The molecule has 1 atom stereocenters. The van der Waals surface area contributed by atoms with E-state index in [0.29, 0.717) is 5.02 Å². The average molecular weight is 373 g/mol. The minimum Gasteiger partial charge on any atom is -0.348 e. The number of thiophene rings is 1. The van der Waals surface area contributed by atoms with Crippen LogP contribution in [-0.2, 0) is 14.8 Å². The highest BCUT2D eigenvalue weighted by atomic mass is 35.5.